The van der Waals surface area contributed by atoms with Crippen LogP contribution in [0.4, 0.5) is 13.2 Å². The maximum absolute atomic E-state index is 12.7. The lowest BCUT2D eigenvalue weighted by atomic mass is 10.1. The Morgan fingerprint density at radius 3 is 2.29 bits per heavy atom. The molecule has 6 nitrogen and oxygen atoms in total. The van der Waals surface area contributed by atoms with E-state index in [4.69, 9.17) is 0 Å². The normalized spacial score (nSPS) is 12.1. The highest BCUT2D eigenvalue weighted by Crippen LogP contribution is 2.29. The highest BCUT2D eigenvalue weighted by Gasteiger charge is 2.30. The fraction of sp³-hybridized carbons (Fsp3) is 0.333. The lowest BCUT2D eigenvalue weighted by Crippen LogP contribution is -2.29. The van der Waals surface area contributed by atoms with Gasteiger partial charge in [-0.1, -0.05) is 24.3 Å². The highest BCUT2D eigenvalue weighted by atomic mass is 32.2. The second-order valence-corrected chi connectivity index (χ2v) is 9.03. The third kappa shape index (κ3) is 6.90. The van der Waals surface area contributed by atoms with Crippen molar-refractivity contribution in [1.82, 2.24) is 9.62 Å². The van der Waals surface area contributed by atoms with Crippen molar-refractivity contribution in [3.05, 3.63) is 65.2 Å². The van der Waals surface area contributed by atoms with Crippen LogP contribution in [0.5, 0.6) is 0 Å². The summed E-state index contributed by atoms with van der Waals surface area (Å²) in [5.74, 6) is -0.567. The molecular weight excluding hydrogens is 433 g/mol. The van der Waals surface area contributed by atoms with Crippen LogP contribution < -0.4 is 5.32 Å². The van der Waals surface area contributed by atoms with Gasteiger partial charge in [0.15, 0.2) is 5.78 Å². The van der Waals surface area contributed by atoms with Crippen molar-refractivity contribution in [2.24, 2.45) is 0 Å². The van der Waals surface area contributed by atoms with E-state index >= 15 is 0 Å². The summed E-state index contributed by atoms with van der Waals surface area (Å²) in [6.45, 7) is 1.40. The first-order valence-electron chi connectivity index (χ1n) is 9.41. The minimum absolute atomic E-state index is 0.0160. The number of hydrogen-bond donors (Lipinski definition) is 1. The van der Waals surface area contributed by atoms with Crippen molar-refractivity contribution >= 4 is 21.7 Å². The van der Waals surface area contributed by atoms with Gasteiger partial charge in [0.2, 0.25) is 15.9 Å². The molecule has 1 N–H and O–H groups in total. The molecule has 0 radical (unpaired) electrons. The number of halogens is 3. The molecule has 10 heteroatoms. The quantitative estimate of drug-likeness (QED) is 0.584. The smallest absolute Gasteiger partial charge is 0.352 e. The van der Waals surface area contributed by atoms with Crippen LogP contribution in [0.3, 0.4) is 0 Å². The number of nitrogens with one attached hydrogen (secondary N) is 1. The zero-order valence-electron chi connectivity index (χ0n) is 17.1. The van der Waals surface area contributed by atoms with Crippen LogP contribution in [0.1, 0.15) is 41.3 Å². The predicted molar refractivity (Wildman–Crippen MR) is 109 cm³/mol. The van der Waals surface area contributed by atoms with E-state index in [0.717, 1.165) is 16.4 Å². The third-order valence-electron chi connectivity index (χ3n) is 4.59. The van der Waals surface area contributed by atoms with E-state index in [0.29, 0.717) is 11.1 Å². The number of nitrogens with zero attached hydrogens (tertiary/aromatic N) is 1. The van der Waals surface area contributed by atoms with E-state index in [1.165, 1.54) is 50.4 Å². The number of carbonyl (C=O) groups is 2. The minimum atomic E-state index is -4.46. The molecule has 0 aliphatic rings. The zero-order valence-corrected chi connectivity index (χ0v) is 17.9. The number of amides is 1. The molecule has 31 heavy (non-hydrogen) atoms. The number of carbonyl (C=O) groups excluding carboxylic acids is 2. The number of Topliss-reactive ketones (excluding diaryl/α,β-unsaturated/α-hetero) is 1. The Bertz CT molecular complexity index is 1040. The molecule has 2 aromatic rings. The average Bonchev–Trinajstić information content (AvgIpc) is 2.71. The number of hydrogen-bond acceptors (Lipinski definition) is 4. The van der Waals surface area contributed by atoms with Crippen LogP contribution in [0.15, 0.2) is 53.4 Å². The van der Waals surface area contributed by atoms with E-state index in [2.05, 4.69) is 5.32 Å². The molecule has 0 saturated heterocycles. The summed E-state index contributed by atoms with van der Waals surface area (Å²) in [6, 6.07) is 10.2. The molecule has 0 aliphatic heterocycles. The number of benzene rings is 2. The number of alkyl halides is 3. The second kappa shape index (κ2) is 10.1. The lowest BCUT2D eigenvalue weighted by Gasteiger charge is -2.17. The molecule has 2 aromatic carbocycles. The largest absolute Gasteiger partial charge is 0.416 e. The predicted octanol–water partition coefficient (Wildman–Crippen LogP) is 3.63. The summed E-state index contributed by atoms with van der Waals surface area (Å²) in [5.41, 5.74) is -0.0710. The van der Waals surface area contributed by atoms with Gasteiger partial charge in [-0.05, 0) is 43.2 Å². The fourth-order valence-corrected chi connectivity index (χ4v) is 3.98. The summed E-state index contributed by atoms with van der Waals surface area (Å²) < 4.78 is 64.4. The van der Waals surface area contributed by atoms with Gasteiger partial charge in [-0.15, -0.1) is 0 Å². The van der Waals surface area contributed by atoms with Gasteiger partial charge in [-0.3, -0.25) is 9.59 Å². The molecule has 0 saturated carbocycles. The van der Waals surface area contributed by atoms with Gasteiger partial charge in [0.1, 0.15) is 0 Å². The molecule has 0 aromatic heterocycles. The molecule has 1 amide bonds. The van der Waals surface area contributed by atoms with Crippen LogP contribution >= 0.6 is 0 Å². The summed E-state index contributed by atoms with van der Waals surface area (Å²) in [4.78, 5) is 23.3. The topological polar surface area (TPSA) is 83.6 Å². The fourth-order valence-electron chi connectivity index (χ4n) is 2.77. The molecule has 0 aliphatic carbocycles. The summed E-state index contributed by atoms with van der Waals surface area (Å²) >= 11 is 0. The monoisotopic (exact) mass is 456 g/mol. The van der Waals surface area contributed by atoms with Crippen LogP contribution in [0.2, 0.25) is 0 Å². The highest BCUT2D eigenvalue weighted by molar-refractivity contribution is 7.89. The molecule has 0 atom stereocenters. The van der Waals surface area contributed by atoms with Gasteiger partial charge in [0.05, 0.1) is 10.5 Å². The Morgan fingerprint density at radius 1 is 1.06 bits per heavy atom. The second-order valence-electron chi connectivity index (χ2n) is 6.99. The Morgan fingerprint density at radius 2 is 1.71 bits per heavy atom. The van der Waals surface area contributed by atoms with Crippen LogP contribution in [-0.2, 0) is 27.5 Å². The Balaban J connectivity index is 1.84. The van der Waals surface area contributed by atoms with Gasteiger partial charge in [-0.2, -0.15) is 13.2 Å². The van der Waals surface area contributed by atoms with Crippen molar-refractivity contribution < 1.29 is 31.2 Å². The van der Waals surface area contributed by atoms with Crippen molar-refractivity contribution in [3.8, 4) is 0 Å². The molecule has 2 rings (SSSR count). The summed E-state index contributed by atoms with van der Waals surface area (Å²) in [6.07, 6.45) is -4.21. The number of sulfonamides is 1. The first-order chi connectivity index (χ1) is 14.4. The zero-order chi connectivity index (χ0) is 23.2. The van der Waals surface area contributed by atoms with Gasteiger partial charge in [0, 0.05) is 32.1 Å². The molecule has 0 heterocycles. The first kappa shape index (κ1) is 24.5. The average molecular weight is 456 g/mol. The SMILES string of the molecule is CC(=O)c1ccc(S(=O)(=O)N(C)CCCC(=O)NCc2cccc(C(F)(F)F)c2)cc1. The minimum Gasteiger partial charge on any atom is -0.352 e. The molecule has 0 spiro atoms. The number of rotatable bonds is 9. The Labute approximate surface area is 179 Å². The van der Waals surface area contributed by atoms with Crippen molar-refractivity contribution in [2.75, 3.05) is 13.6 Å². The maximum atomic E-state index is 12.7. The summed E-state index contributed by atoms with van der Waals surface area (Å²) in [5, 5.41) is 2.53. The Hall–Kier alpha value is -2.72. The van der Waals surface area contributed by atoms with Crippen LogP contribution in [0.25, 0.3) is 0 Å². The third-order valence-corrected chi connectivity index (χ3v) is 6.46. The Kier molecular flexibility index (Phi) is 7.96. The first-order valence-corrected chi connectivity index (χ1v) is 10.9. The van der Waals surface area contributed by atoms with Gasteiger partial charge in [-0.25, -0.2) is 12.7 Å². The van der Waals surface area contributed by atoms with Crippen LogP contribution in [-0.4, -0.2) is 38.0 Å². The summed E-state index contributed by atoms with van der Waals surface area (Å²) in [7, 11) is -2.39. The maximum Gasteiger partial charge on any atom is 0.416 e. The van der Waals surface area contributed by atoms with Crippen LogP contribution in [0, 0.1) is 0 Å². The molecule has 0 bridgehead atoms. The molecule has 0 unspecified atom stereocenters. The van der Waals surface area contributed by atoms with E-state index < -0.39 is 27.7 Å². The van der Waals surface area contributed by atoms with E-state index in [1.54, 1.807) is 0 Å². The standard InChI is InChI=1S/C21H23F3N2O4S/c1-15(27)17-8-10-19(11-9-17)31(29,30)26(2)12-4-7-20(28)25-14-16-5-3-6-18(13-16)21(22,23)24/h3,5-6,8-11,13H,4,7,12,14H2,1-2H3,(H,25,28). The van der Waals surface area contributed by atoms with Crippen molar-refractivity contribution in [3.63, 3.8) is 0 Å². The van der Waals surface area contributed by atoms with Crippen molar-refractivity contribution in [1.29, 1.82) is 0 Å². The lowest BCUT2D eigenvalue weighted by molar-refractivity contribution is -0.137. The molecule has 168 valence electrons. The van der Waals surface area contributed by atoms with Gasteiger partial charge < -0.3 is 5.32 Å². The van der Waals surface area contributed by atoms with E-state index in [9.17, 15) is 31.2 Å². The van der Waals surface area contributed by atoms with Gasteiger partial charge >= 0.3 is 6.18 Å². The molecule has 0 fully saturated rings. The van der Waals surface area contributed by atoms with E-state index in [-0.39, 0.29) is 36.6 Å². The van der Waals surface area contributed by atoms with Crippen molar-refractivity contribution in [2.45, 2.75) is 37.4 Å². The van der Waals surface area contributed by atoms with E-state index in [1.807, 2.05) is 0 Å². The number of ketones is 1. The van der Waals surface area contributed by atoms with Gasteiger partial charge in [0.25, 0.3) is 0 Å². The molecular formula is C21H23F3N2O4S.